The minimum absolute atomic E-state index is 0.0494. The lowest BCUT2D eigenvalue weighted by Gasteiger charge is -2.04. The largest absolute Gasteiger partial charge is 0.452 e. The maximum absolute atomic E-state index is 12.2. The molecule has 0 saturated heterocycles. The Labute approximate surface area is 155 Å². The second-order valence-corrected chi connectivity index (χ2v) is 6.49. The number of carbonyl (C=O) groups is 1. The van der Waals surface area contributed by atoms with E-state index in [1.807, 2.05) is 6.92 Å². The Kier molecular flexibility index (Phi) is 5.12. The molecule has 3 aromatic heterocycles. The lowest BCUT2D eigenvalue weighted by Crippen LogP contribution is -2.31. The second-order valence-electron chi connectivity index (χ2n) is 5.70. The topological polar surface area (TPSA) is 112 Å². The summed E-state index contributed by atoms with van der Waals surface area (Å²) in [5, 5.41) is 0. The summed E-state index contributed by atoms with van der Waals surface area (Å²) in [5.41, 5.74) is -0.493. The van der Waals surface area contributed by atoms with E-state index in [0.717, 1.165) is 12.8 Å². The molecule has 0 aliphatic carbocycles. The summed E-state index contributed by atoms with van der Waals surface area (Å²) in [6, 6.07) is 3.06. The van der Waals surface area contributed by atoms with E-state index in [1.54, 1.807) is 13.1 Å². The van der Waals surface area contributed by atoms with Crippen LogP contribution in [0.4, 0.5) is 0 Å². The van der Waals surface area contributed by atoms with Gasteiger partial charge < -0.3 is 13.7 Å². The molecule has 138 valence electrons. The van der Waals surface area contributed by atoms with Crippen LogP contribution in [0.5, 0.6) is 0 Å². The predicted octanol–water partition coefficient (Wildman–Crippen LogP) is 1.94. The predicted molar refractivity (Wildman–Crippen MR) is 96.0 cm³/mol. The minimum Gasteiger partial charge on any atom is -0.452 e. The zero-order valence-electron chi connectivity index (χ0n) is 14.2. The molecule has 3 heterocycles. The number of fused-ring (bicyclic) bond motifs is 1. The van der Waals surface area contributed by atoms with Crippen molar-refractivity contribution in [1.29, 1.82) is 0 Å². The fourth-order valence-corrected chi connectivity index (χ4v) is 2.88. The Balaban J connectivity index is 1.93. The normalized spacial score (nSPS) is 11.2. The highest BCUT2D eigenvalue weighted by atomic mass is 79.9. The molecule has 0 aliphatic heterocycles. The highest BCUT2D eigenvalue weighted by Gasteiger charge is 2.18. The molecule has 26 heavy (non-hydrogen) atoms. The summed E-state index contributed by atoms with van der Waals surface area (Å²) in [6.45, 7) is 2.28. The van der Waals surface area contributed by atoms with Crippen LogP contribution in [0.3, 0.4) is 0 Å². The number of nitrogens with zero attached hydrogens (tertiary/aromatic N) is 3. The summed E-state index contributed by atoms with van der Waals surface area (Å²) < 4.78 is 13.7. The maximum Gasteiger partial charge on any atom is 0.374 e. The average molecular weight is 425 g/mol. The van der Waals surface area contributed by atoms with Crippen LogP contribution in [0.25, 0.3) is 11.2 Å². The van der Waals surface area contributed by atoms with E-state index in [9.17, 15) is 14.4 Å². The van der Waals surface area contributed by atoms with Crippen molar-refractivity contribution in [2.24, 2.45) is 7.05 Å². The van der Waals surface area contributed by atoms with Crippen molar-refractivity contribution in [3.8, 4) is 0 Å². The third kappa shape index (κ3) is 3.36. The van der Waals surface area contributed by atoms with Gasteiger partial charge in [-0.25, -0.2) is 14.6 Å². The Morgan fingerprint density at radius 3 is 2.81 bits per heavy atom. The minimum atomic E-state index is -0.653. The molecule has 0 bridgehead atoms. The first-order valence-electron chi connectivity index (χ1n) is 8.03. The number of halogens is 1. The molecular weight excluding hydrogens is 408 g/mol. The number of carbonyl (C=O) groups excluding carboxylic acids is 1. The maximum atomic E-state index is 12.2. The van der Waals surface area contributed by atoms with Gasteiger partial charge in [0.15, 0.2) is 15.8 Å². The Bertz CT molecular complexity index is 1070. The summed E-state index contributed by atoms with van der Waals surface area (Å²) >= 11 is 3.11. The molecule has 3 rings (SSSR count). The number of esters is 1. The molecule has 0 aromatic carbocycles. The van der Waals surface area contributed by atoms with E-state index in [0.29, 0.717) is 17.0 Å². The fraction of sp³-hybridized carbons (Fsp3) is 0.375. The lowest BCUT2D eigenvalue weighted by molar-refractivity contribution is 0.0421. The molecular formula is C16H17BrN4O5. The van der Waals surface area contributed by atoms with E-state index in [4.69, 9.17) is 9.15 Å². The first-order chi connectivity index (χ1) is 12.4. The van der Waals surface area contributed by atoms with E-state index in [1.165, 1.54) is 15.2 Å². The van der Waals surface area contributed by atoms with Gasteiger partial charge in [-0.2, -0.15) is 0 Å². The number of unbranched alkanes of at least 4 members (excludes halogenated alkanes) is 1. The average Bonchev–Trinajstić information content (AvgIpc) is 3.16. The van der Waals surface area contributed by atoms with E-state index in [2.05, 4.69) is 25.9 Å². The highest BCUT2D eigenvalue weighted by molar-refractivity contribution is 9.10. The van der Waals surface area contributed by atoms with Crippen LogP contribution < -0.4 is 11.2 Å². The SMILES string of the molecule is CCCCn1c(=O)[nH]c(=O)c2c1nc(COC(=O)c1ccc(Br)o1)n2C. The Morgan fingerprint density at radius 2 is 2.15 bits per heavy atom. The molecule has 0 radical (unpaired) electrons. The first kappa shape index (κ1) is 18.2. The third-order valence-corrected chi connectivity index (χ3v) is 4.37. The van der Waals surface area contributed by atoms with Crippen LogP contribution >= 0.6 is 15.9 Å². The number of imidazole rings is 1. The van der Waals surface area contributed by atoms with Crippen LogP contribution in [0, 0.1) is 0 Å². The van der Waals surface area contributed by atoms with Crippen molar-refractivity contribution in [3.05, 3.63) is 49.2 Å². The summed E-state index contributed by atoms with van der Waals surface area (Å²) in [5.74, 6) is -0.256. The lowest BCUT2D eigenvalue weighted by atomic mass is 10.3. The number of aromatic amines is 1. The molecule has 0 fully saturated rings. The van der Waals surface area contributed by atoms with E-state index >= 15 is 0 Å². The van der Waals surface area contributed by atoms with Crippen LogP contribution in [0.2, 0.25) is 0 Å². The molecule has 3 aromatic rings. The monoisotopic (exact) mass is 424 g/mol. The molecule has 9 nitrogen and oxygen atoms in total. The number of ether oxygens (including phenoxy) is 1. The third-order valence-electron chi connectivity index (χ3n) is 3.95. The molecule has 0 amide bonds. The van der Waals surface area contributed by atoms with Crippen molar-refractivity contribution in [1.82, 2.24) is 19.1 Å². The van der Waals surface area contributed by atoms with Crippen molar-refractivity contribution in [2.45, 2.75) is 32.9 Å². The van der Waals surface area contributed by atoms with Gasteiger partial charge in [0.05, 0.1) is 0 Å². The van der Waals surface area contributed by atoms with Gasteiger partial charge in [-0.3, -0.25) is 14.3 Å². The van der Waals surface area contributed by atoms with Gasteiger partial charge in [0.1, 0.15) is 12.4 Å². The number of H-pyrrole nitrogens is 1. The zero-order valence-corrected chi connectivity index (χ0v) is 15.8. The van der Waals surface area contributed by atoms with Crippen LogP contribution in [0.1, 0.15) is 36.1 Å². The van der Waals surface area contributed by atoms with Gasteiger partial charge in [0, 0.05) is 13.6 Å². The number of hydrogen-bond acceptors (Lipinski definition) is 6. The zero-order chi connectivity index (χ0) is 18.8. The number of nitrogens with one attached hydrogen (secondary N) is 1. The van der Waals surface area contributed by atoms with Gasteiger partial charge in [0.2, 0.25) is 5.76 Å². The summed E-state index contributed by atoms with van der Waals surface area (Å²) in [6.07, 6.45) is 1.67. The van der Waals surface area contributed by atoms with Gasteiger partial charge in [-0.05, 0) is 34.5 Å². The van der Waals surface area contributed by atoms with Crippen molar-refractivity contribution < 1.29 is 13.9 Å². The van der Waals surface area contributed by atoms with Crippen LogP contribution in [0.15, 0.2) is 30.8 Å². The molecule has 1 N–H and O–H groups in total. The Morgan fingerprint density at radius 1 is 1.38 bits per heavy atom. The Hall–Kier alpha value is -2.62. The fourth-order valence-electron chi connectivity index (χ4n) is 2.57. The molecule has 10 heteroatoms. The first-order valence-corrected chi connectivity index (χ1v) is 8.82. The van der Waals surface area contributed by atoms with Crippen molar-refractivity contribution in [2.75, 3.05) is 0 Å². The smallest absolute Gasteiger partial charge is 0.374 e. The molecule has 0 unspecified atom stereocenters. The van der Waals surface area contributed by atoms with Crippen LogP contribution in [-0.2, 0) is 24.9 Å². The number of aryl methyl sites for hydroxylation is 2. The number of aromatic nitrogens is 4. The molecule has 0 atom stereocenters. The number of hydrogen-bond donors (Lipinski definition) is 1. The summed E-state index contributed by atoms with van der Waals surface area (Å²) in [7, 11) is 1.63. The highest BCUT2D eigenvalue weighted by Crippen LogP contribution is 2.16. The quantitative estimate of drug-likeness (QED) is 0.604. The second kappa shape index (κ2) is 7.32. The van der Waals surface area contributed by atoms with Gasteiger partial charge in [-0.15, -0.1) is 0 Å². The summed E-state index contributed by atoms with van der Waals surface area (Å²) in [4.78, 5) is 42.9. The van der Waals surface area contributed by atoms with Crippen molar-refractivity contribution >= 4 is 33.1 Å². The standard InChI is InChI=1S/C16H17BrN4O5/c1-3-4-7-21-13-12(14(22)19-16(21)24)20(2)11(18-13)8-25-15(23)9-5-6-10(17)26-9/h5-6H,3-4,7-8H2,1-2H3,(H,19,22,24). The molecule has 0 saturated carbocycles. The van der Waals surface area contributed by atoms with E-state index < -0.39 is 17.2 Å². The van der Waals surface area contributed by atoms with Gasteiger partial charge in [-0.1, -0.05) is 13.3 Å². The van der Waals surface area contributed by atoms with Gasteiger partial charge >= 0.3 is 11.7 Å². The van der Waals surface area contributed by atoms with Crippen molar-refractivity contribution in [3.63, 3.8) is 0 Å². The molecule has 0 aliphatic rings. The van der Waals surface area contributed by atoms with E-state index in [-0.39, 0.29) is 23.5 Å². The molecule has 0 spiro atoms. The number of rotatable bonds is 6. The van der Waals surface area contributed by atoms with Crippen LogP contribution in [-0.4, -0.2) is 25.1 Å². The number of furan rings is 1. The van der Waals surface area contributed by atoms with Gasteiger partial charge in [0.25, 0.3) is 5.56 Å².